The second-order valence-electron chi connectivity index (χ2n) is 4.75. The van der Waals surface area contributed by atoms with Crippen molar-refractivity contribution in [2.24, 2.45) is 0 Å². The summed E-state index contributed by atoms with van der Waals surface area (Å²) in [6.45, 7) is 6.35. The molecule has 1 N–H and O–H groups in total. The predicted molar refractivity (Wildman–Crippen MR) is 72.1 cm³/mol. The average Bonchev–Trinajstić information content (AvgIpc) is 2.21. The molecule has 0 saturated carbocycles. The van der Waals surface area contributed by atoms with Gasteiger partial charge in [-0.2, -0.15) is 0 Å². The Morgan fingerprint density at radius 3 is 1.87 bits per heavy atom. The molecule has 1 atom stereocenters. The van der Waals surface area contributed by atoms with Crippen LogP contribution < -0.4 is 0 Å². The molecule has 0 saturated heterocycles. The predicted octanol–water partition coefficient (Wildman–Crippen LogP) is 4.54. The standard InChI is InChI=1S/C4H9O.2C4H9.ClH.Sn/c1-3-4(2)5;2*1-3-4-2;;/h4-5H,1,3H2,2H3;2*1,3-4H2,2H3;1H;/q;;;;+1/p-1. The molecular formula is C12H27ClOSn. The first-order valence-electron chi connectivity index (χ1n) is 6.41. The zero-order chi connectivity index (χ0) is 11.7. The number of aliphatic hydroxyl groups is 1. The summed E-state index contributed by atoms with van der Waals surface area (Å²) >= 11 is -2.30. The van der Waals surface area contributed by atoms with Crippen LogP contribution in [0.5, 0.6) is 0 Å². The molecule has 0 aromatic rings. The summed E-state index contributed by atoms with van der Waals surface area (Å²) in [4.78, 5) is 0. The van der Waals surface area contributed by atoms with Crippen LogP contribution in [0.2, 0.25) is 13.3 Å². The van der Waals surface area contributed by atoms with E-state index in [2.05, 4.69) is 13.8 Å². The topological polar surface area (TPSA) is 20.2 Å². The van der Waals surface area contributed by atoms with Crippen molar-refractivity contribution in [1.29, 1.82) is 0 Å². The number of hydrogen-bond donors (Lipinski definition) is 1. The first kappa shape index (κ1) is 16.0. The van der Waals surface area contributed by atoms with Gasteiger partial charge in [-0.05, 0) is 0 Å². The quantitative estimate of drug-likeness (QED) is 0.610. The first-order valence-corrected chi connectivity index (χ1v) is 16.1. The fraction of sp³-hybridized carbons (Fsp3) is 1.00. The molecule has 0 aliphatic carbocycles. The van der Waals surface area contributed by atoms with E-state index in [4.69, 9.17) is 8.92 Å². The molecule has 15 heavy (non-hydrogen) atoms. The van der Waals surface area contributed by atoms with Crippen molar-refractivity contribution in [1.82, 2.24) is 0 Å². The molecule has 0 aromatic carbocycles. The van der Waals surface area contributed by atoms with Gasteiger partial charge in [-0.15, -0.1) is 0 Å². The zero-order valence-corrected chi connectivity index (χ0v) is 14.2. The van der Waals surface area contributed by atoms with Gasteiger partial charge in [0.1, 0.15) is 0 Å². The van der Waals surface area contributed by atoms with E-state index in [0.29, 0.717) is 0 Å². The summed E-state index contributed by atoms with van der Waals surface area (Å²) in [5.41, 5.74) is 0. The van der Waals surface area contributed by atoms with Crippen LogP contribution in [0.3, 0.4) is 0 Å². The molecule has 0 aliphatic heterocycles. The summed E-state index contributed by atoms with van der Waals surface area (Å²) in [5.74, 6) is 0. The van der Waals surface area contributed by atoms with Crippen LogP contribution in [-0.2, 0) is 0 Å². The molecule has 0 spiro atoms. The van der Waals surface area contributed by atoms with E-state index in [-0.39, 0.29) is 6.10 Å². The van der Waals surface area contributed by atoms with Gasteiger partial charge in [-0.25, -0.2) is 0 Å². The van der Waals surface area contributed by atoms with Crippen molar-refractivity contribution in [3.63, 3.8) is 0 Å². The van der Waals surface area contributed by atoms with Gasteiger partial charge in [0, 0.05) is 0 Å². The van der Waals surface area contributed by atoms with Crippen LogP contribution in [-0.4, -0.2) is 28.5 Å². The van der Waals surface area contributed by atoms with Gasteiger partial charge in [0.2, 0.25) is 0 Å². The van der Waals surface area contributed by atoms with Crippen LogP contribution >= 0.6 is 8.92 Å². The molecule has 1 nitrogen and oxygen atoms in total. The SMILES string of the molecule is CCC[CH2][Sn]([Cl])([CH2]CCC)[CH2]CC(C)O. The van der Waals surface area contributed by atoms with Gasteiger partial charge in [0.05, 0.1) is 0 Å². The van der Waals surface area contributed by atoms with Gasteiger partial charge < -0.3 is 0 Å². The zero-order valence-electron chi connectivity index (χ0n) is 10.6. The number of halogens is 1. The van der Waals surface area contributed by atoms with E-state index in [9.17, 15) is 5.11 Å². The minimum absolute atomic E-state index is 0.164. The van der Waals surface area contributed by atoms with E-state index in [1.54, 1.807) is 0 Å². The maximum absolute atomic E-state index is 9.34. The fourth-order valence-electron chi connectivity index (χ4n) is 1.83. The van der Waals surface area contributed by atoms with Crippen molar-refractivity contribution in [3.8, 4) is 0 Å². The third-order valence-electron chi connectivity index (χ3n) is 2.97. The summed E-state index contributed by atoms with van der Waals surface area (Å²) in [6.07, 6.45) is 5.86. The van der Waals surface area contributed by atoms with Gasteiger partial charge >= 0.3 is 104 Å². The molecule has 3 heteroatoms. The van der Waals surface area contributed by atoms with Crippen LogP contribution in [0, 0.1) is 0 Å². The Morgan fingerprint density at radius 2 is 1.53 bits per heavy atom. The number of aliphatic hydroxyl groups excluding tert-OH is 1. The van der Waals surface area contributed by atoms with Crippen molar-refractivity contribution < 1.29 is 5.11 Å². The Morgan fingerprint density at radius 1 is 1.07 bits per heavy atom. The van der Waals surface area contributed by atoms with Crippen LogP contribution in [0.25, 0.3) is 0 Å². The first-order chi connectivity index (χ1) is 7.04. The van der Waals surface area contributed by atoms with Gasteiger partial charge in [0.25, 0.3) is 0 Å². The van der Waals surface area contributed by atoms with Crippen LogP contribution in [0.15, 0.2) is 0 Å². The van der Waals surface area contributed by atoms with Crippen molar-refractivity contribution in [2.75, 3.05) is 0 Å². The van der Waals surface area contributed by atoms with Gasteiger partial charge in [0.15, 0.2) is 0 Å². The normalized spacial score (nSPS) is 14.2. The number of hydrogen-bond acceptors (Lipinski definition) is 1. The molecular weight excluding hydrogens is 314 g/mol. The minimum atomic E-state index is -2.30. The van der Waals surface area contributed by atoms with Crippen molar-refractivity contribution >= 4 is 26.2 Å². The molecule has 0 aromatic heterocycles. The molecule has 0 radical (unpaired) electrons. The number of unbranched alkanes of at least 4 members (excludes halogenated alkanes) is 2. The Balaban J connectivity index is 4.01. The molecule has 0 amide bonds. The second-order valence-corrected chi connectivity index (χ2v) is 21.0. The Bertz CT molecular complexity index is 143. The van der Waals surface area contributed by atoms with Crippen molar-refractivity contribution in [3.05, 3.63) is 0 Å². The third-order valence-corrected chi connectivity index (χ3v) is 17.3. The fourth-order valence-corrected chi connectivity index (χ4v) is 14.8. The van der Waals surface area contributed by atoms with Crippen LogP contribution in [0.4, 0.5) is 0 Å². The van der Waals surface area contributed by atoms with Crippen LogP contribution in [0.1, 0.15) is 52.9 Å². The van der Waals surface area contributed by atoms with E-state index >= 15 is 0 Å². The van der Waals surface area contributed by atoms with Gasteiger partial charge in [-0.1, -0.05) is 0 Å². The van der Waals surface area contributed by atoms with E-state index in [0.717, 1.165) is 10.9 Å². The molecule has 0 fully saturated rings. The summed E-state index contributed by atoms with van der Waals surface area (Å²) in [6, 6.07) is 0. The Kier molecular flexibility index (Phi) is 9.76. The second kappa shape index (κ2) is 9.12. The maximum atomic E-state index is 9.34. The monoisotopic (exact) mass is 342 g/mol. The van der Waals surface area contributed by atoms with Gasteiger partial charge in [-0.3, -0.25) is 0 Å². The molecule has 92 valence electrons. The molecule has 0 aliphatic rings. The number of rotatable bonds is 9. The Labute approximate surface area is 103 Å². The molecule has 1 unspecified atom stereocenters. The average molecular weight is 342 g/mol. The molecule has 0 bridgehead atoms. The van der Waals surface area contributed by atoms with Crippen molar-refractivity contribution in [2.45, 2.75) is 72.3 Å². The van der Waals surface area contributed by atoms with E-state index in [1.165, 1.54) is 34.6 Å². The molecule has 0 rings (SSSR count). The summed E-state index contributed by atoms with van der Waals surface area (Å²) < 4.78 is 3.77. The molecule has 0 heterocycles. The van der Waals surface area contributed by atoms with E-state index < -0.39 is 17.3 Å². The third kappa shape index (κ3) is 8.82. The summed E-state index contributed by atoms with van der Waals surface area (Å²) in [7, 11) is 6.84. The van der Waals surface area contributed by atoms with E-state index in [1.807, 2.05) is 6.92 Å². The Hall–Kier alpha value is 1.05. The summed E-state index contributed by atoms with van der Waals surface area (Å²) in [5, 5.41) is 9.34.